The highest BCUT2D eigenvalue weighted by molar-refractivity contribution is 5.92. The molecule has 1 aromatic heterocycles. The fourth-order valence-electron chi connectivity index (χ4n) is 3.09. The number of hydrogen-bond acceptors (Lipinski definition) is 3. The highest BCUT2D eigenvalue weighted by Crippen LogP contribution is 2.27. The maximum Gasteiger partial charge on any atom is 0.0726 e. The van der Waals surface area contributed by atoms with Gasteiger partial charge in [-0.1, -0.05) is 25.1 Å². The van der Waals surface area contributed by atoms with Crippen LogP contribution >= 0.6 is 0 Å². The van der Waals surface area contributed by atoms with Gasteiger partial charge in [-0.3, -0.25) is 9.88 Å². The van der Waals surface area contributed by atoms with Crippen LogP contribution < -0.4 is 4.90 Å². The van der Waals surface area contributed by atoms with Crippen LogP contribution in [0.3, 0.4) is 0 Å². The Hall–Kier alpha value is -2.05. The van der Waals surface area contributed by atoms with Crippen LogP contribution in [0.4, 0.5) is 5.69 Å². The summed E-state index contributed by atoms with van der Waals surface area (Å²) in [6, 6.07) is 10.7. The third-order valence-electron chi connectivity index (χ3n) is 4.39. The summed E-state index contributed by atoms with van der Waals surface area (Å²) < 4.78 is 0. The lowest BCUT2D eigenvalue weighted by molar-refractivity contribution is 0.264. The van der Waals surface area contributed by atoms with Gasteiger partial charge in [0.05, 0.1) is 5.52 Å². The van der Waals surface area contributed by atoms with E-state index in [1.165, 1.54) is 16.8 Å². The molecule has 3 rings (SSSR count). The molecule has 0 N–H and O–H groups in total. The van der Waals surface area contributed by atoms with E-state index in [0.29, 0.717) is 0 Å². The van der Waals surface area contributed by atoms with Gasteiger partial charge < -0.3 is 4.90 Å². The lowest BCUT2D eigenvalue weighted by Crippen LogP contribution is -2.46. The van der Waals surface area contributed by atoms with Crippen LogP contribution in [0.25, 0.3) is 10.9 Å². The molecule has 1 aliphatic rings. The molecule has 22 heavy (non-hydrogen) atoms. The molecule has 2 aromatic rings. The van der Waals surface area contributed by atoms with Crippen LogP contribution in [0.15, 0.2) is 30.3 Å². The predicted octanol–water partition coefficient (Wildman–Crippen LogP) is 2.94. The zero-order valence-electron chi connectivity index (χ0n) is 13.3. The van der Waals surface area contributed by atoms with E-state index in [4.69, 9.17) is 11.4 Å². The second kappa shape index (κ2) is 6.81. The summed E-state index contributed by atoms with van der Waals surface area (Å²) >= 11 is 0. The van der Waals surface area contributed by atoms with Crippen molar-refractivity contribution in [2.75, 3.05) is 37.6 Å². The first-order valence-electron chi connectivity index (χ1n) is 8.11. The van der Waals surface area contributed by atoms with Crippen LogP contribution in [0.5, 0.6) is 0 Å². The number of nitrogens with zero attached hydrogens (tertiary/aromatic N) is 3. The minimum atomic E-state index is 0.845. The third-order valence-corrected chi connectivity index (χ3v) is 4.39. The van der Waals surface area contributed by atoms with E-state index in [2.05, 4.69) is 53.0 Å². The third kappa shape index (κ3) is 3.08. The van der Waals surface area contributed by atoms with E-state index >= 15 is 0 Å². The van der Waals surface area contributed by atoms with Crippen LogP contribution in [0.1, 0.15) is 19.0 Å². The maximum atomic E-state index is 5.36. The molecule has 1 aromatic carbocycles. The quantitative estimate of drug-likeness (QED) is 0.808. The SMILES string of the molecule is C#CCCN1CCN(c2cc(CC)nc3ccccc23)CC1. The molecule has 3 nitrogen and oxygen atoms in total. The van der Waals surface area contributed by atoms with Gasteiger partial charge in [0.15, 0.2) is 0 Å². The van der Waals surface area contributed by atoms with Crippen molar-refractivity contribution in [2.45, 2.75) is 19.8 Å². The number of benzene rings is 1. The normalized spacial score (nSPS) is 15.9. The molecule has 1 fully saturated rings. The van der Waals surface area contributed by atoms with E-state index < -0.39 is 0 Å². The Labute approximate surface area is 132 Å². The van der Waals surface area contributed by atoms with Gasteiger partial charge in [-0.2, -0.15) is 0 Å². The lowest BCUT2D eigenvalue weighted by Gasteiger charge is -2.36. The minimum Gasteiger partial charge on any atom is -0.368 e. The summed E-state index contributed by atoms with van der Waals surface area (Å²) in [5.41, 5.74) is 3.61. The average Bonchev–Trinajstić information content (AvgIpc) is 2.59. The number of terminal acetylenes is 1. The first-order chi connectivity index (χ1) is 10.8. The van der Waals surface area contributed by atoms with Crippen molar-refractivity contribution in [2.24, 2.45) is 0 Å². The molecule has 0 aliphatic carbocycles. The molecule has 0 atom stereocenters. The van der Waals surface area contributed by atoms with E-state index in [1.54, 1.807) is 0 Å². The van der Waals surface area contributed by atoms with Gasteiger partial charge in [0.2, 0.25) is 0 Å². The fourth-order valence-corrected chi connectivity index (χ4v) is 3.09. The molecule has 0 radical (unpaired) electrons. The Kier molecular flexibility index (Phi) is 4.60. The van der Waals surface area contributed by atoms with Crippen molar-refractivity contribution in [3.05, 3.63) is 36.0 Å². The zero-order valence-corrected chi connectivity index (χ0v) is 13.3. The second-order valence-electron chi connectivity index (χ2n) is 5.79. The van der Waals surface area contributed by atoms with Crippen LogP contribution in [0.2, 0.25) is 0 Å². The number of anilines is 1. The Bertz CT molecular complexity index is 679. The molecule has 0 saturated carbocycles. The van der Waals surface area contributed by atoms with Crippen LogP contribution in [-0.2, 0) is 6.42 Å². The van der Waals surface area contributed by atoms with Gasteiger partial charge in [0.25, 0.3) is 0 Å². The number of para-hydroxylation sites is 1. The van der Waals surface area contributed by atoms with Gasteiger partial charge in [-0.25, -0.2) is 0 Å². The molecular weight excluding hydrogens is 270 g/mol. The average molecular weight is 293 g/mol. The Balaban J connectivity index is 1.83. The fraction of sp³-hybridized carbons (Fsp3) is 0.421. The van der Waals surface area contributed by atoms with Gasteiger partial charge >= 0.3 is 0 Å². The van der Waals surface area contributed by atoms with Crippen molar-refractivity contribution < 1.29 is 0 Å². The first kappa shape index (κ1) is 14.9. The van der Waals surface area contributed by atoms with E-state index in [9.17, 15) is 0 Å². The minimum absolute atomic E-state index is 0.845. The Morgan fingerprint density at radius 3 is 2.68 bits per heavy atom. The Morgan fingerprint density at radius 1 is 1.18 bits per heavy atom. The topological polar surface area (TPSA) is 19.4 Å². The van der Waals surface area contributed by atoms with Gasteiger partial charge in [0, 0.05) is 55.9 Å². The largest absolute Gasteiger partial charge is 0.368 e. The number of aryl methyl sites for hydroxylation is 1. The highest BCUT2D eigenvalue weighted by atomic mass is 15.3. The van der Waals surface area contributed by atoms with Crippen molar-refractivity contribution in [1.82, 2.24) is 9.88 Å². The number of hydrogen-bond donors (Lipinski definition) is 0. The second-order valence-corrected chi connectivity index (χ2v) is 5.79. The van der Waals surface area contributed by atoms with Gasteiger partial charge in [0.1, 0.15) is 0 Å². The smallest absolute Gasteiger partial charge is 0.0726 e. The molecule has 0 bridgehead atoms. The maximum absolute atomic E-state index is 5.36. The molecule has 3 heteroatoms. The molecule has 0 spiro atoms. The van der Waals surface area contributed by atoms with Crippen molar-refractivity contribution in [3.8, 4) is 12.3 Å². The number of piperazine rings is 1. The van der Waals surface area contributed by atoms with E-state index in [-0.39, 0.29) is 0 Å². The van der Waals surface area contributed by atoms with Crippen molar-refractivity contribution >= 4 is 16.6 Å². The number of rotatable bonds is 4. The number of pyridine rings is 1. The van der Waals surface area contributed by atoms with E-state index in [1.807, 2.05) is 0 Å². The lowest BCUT2D eigenvalue weighted by atomic mass is 10.1. The van der Waals surface area contributed by atoms with E-state index in [0.717, 1.165) is 51.1 Å². The molecule has 0 amide bonds. The summed E-state index contributed by atoms with van der Waals surface area (Å²) in [6.45, 7) is 7.46. The molecule has 1 aliphatic heterocycles. The van der Waals surface area contributed by atoms with Crippen molar-refractivity contribution in [3.63, 3.8) is 0 Å². The van der Waals surface area contributed by atoms with Crippen molar-refractivity contribution in [1.29, 1.82) is 0 Å². The van der Waals surface area contributed by atoms with Gasteiger partial charge in [-0.05, 0) is 18.6 Å². The van der Waals surface area contributed by atoms with Crippen LogP contribution in [-0.4, -0.2) is 42.6 Å². The number of aromatic nitrogens is 1. The molecular formula is C19H23N3. The Morgan fingerprint density at radius 2 is 1.95 bits per heavy atom. The molecule has 1 saturated heterocycles. The summed E-state index contributed by atoms with van der Waals surface area (Å²) in [5.74, 6) is 2.73. The van der Waals surface area contributed by atoms with Crippen LogP contribution in [0, 0.1) is 12.3 Å². The summed E-state index contributed by atoms with van der Waals surface area (Å²) in [7, 11) is 0. The predicted molar refractivity (Wildman–Crippen MR) is 93.2 cm³/mol. The standard InChI is InChI=1S/C19H23N3/c1-3-5-10-21-11-13-22(14-12-21)19-15-16(4-2)20-18-9-7-6-8-17(18)19/h1,6-9,15H,4-5,10-14H2,2H3. The zero-order chi connectivity index (χ0) is 15.4. The number of fused-ring (bicyclic) bond motifs is 1. The highest BCUT2D eigenvalue weighted by Gasteiger charge is 2.19. The molecule has 0 unspecified atom stereocenters. The molecule has 2 heterocycles. The summed E-state index contributed by atoms with van der Waals surface area (Å²) in [4.78, 5) is 9.70. The first-order valence-corrected chi connectivity index (χ1v) is 8.11. The monoisotopic (exact) mass is 293 g/mol. The summed E-state index contributed by atoms with van der Waals surface area (Å²) in [5, 5.41) is 1.26. The molecule has 114 valence electrons. The summed E-state index contributed by atoms with van der Waals surface area (Å²) in [6.07, 6.45) is 7.18. The van der Waals surface area contributed by atoms with Gasteiger partial charge in [-0.15, -0.1) is 12.3 Å².